The van der Waals surface area contributed by atoms with E-state index in [9.17, 15) is 4.79 Å². The summed E-state index contributed by atoms with van der Waals surface area (Å²) in [4.78, 5) is 11.2. The molecule has 3 N–H and O–H groups in total. The monoisotopic (exact) mass is 220 g/mol. The number of nitrogens with two attached hydrogens (primary N) is 1. The molecule has 1 aliphatic rings. The van der Waals surface area contributed by atoms with E-state index in [2.05, 4.69) is 5.43 Å². The van der Waals surface area contributed by atoms with E-state index in [0.29, 0.717) is 11.5 Å². The van der Waals surface area contributed by atoms with Crippen LogP contribution in [-0.4, -0.2) is 19.1 Å². The Morgan fingerprint density at radius 2 is 1.88 bits per heavy atom. The Bertz CT molecular complexity index is 356. The van der Waals surface area contributed by atoms with E-state index in [0.717, 1.165) is 26.1 Å². The molecule has 1 heterocycles. The number of rotatable bonds is 2. The van der Waals surface area contributed by atoms with Gasteiger partial charge in [-0.15, -0.1) is 0 Å². The predicted molar refractivity (Wildman–Crippen MR) is 60.9 cm³/mol. The van der Waals surface area contributed by atoms with Crippen molar-refractivity contribution >= 4 is 5.91 Å². The molecular formula is C12H16N2O2. The van der Waals surface area contributed by atoms with E-state index >= 15 is 0 Å². The summed E-state index contributed by atoms with van der Waals surface area (Å²) in [5.41, 5.74) is 3.99. The second-order valence-electron chi connectivity index (χ2n) is 3.98. The fraction of sp³-hybridized carbons (Fsp3) is 0.417. The Hall–Kier alpha value is -1.39. The molecule has 0 bridgehead atoms. The lowest BCUT2D eigenvalue weighted by Gasteiger charge is -2.22. The maximum atomic E-state index is 11.2. The van der Waals surface area contributed by atoms with E-state index in [1.807, 2.05) is 24.3 Å². The molecule has 1 aromatic carbocycles. The van der Waals surface area contributed by atoms with Crippen LogP contribution < -0.4 is 11.3 Å². The third-order valence-electron chi connectivity index (χ3n) is 3.00. The highest BCUT2D eigenvalue weighted by Crippen LogP contribution is 2.26. The van der Waals surface area contributed by atoms with E-state index in [4.69, 9.17) is 10.6 Å². The third kappa shape index (κ3) is 2.40. The van der Waals surface area contributed by atoms with Crippen LogP contribution in [0.2, 0.25) is 0 Å². The van der Waals surface area contributed by atoms with Crippen molar-refractivity contribution in [1.29, 1.82) is 0 Å². The zero-order chi connectivity index (χ0) is 11.4. The van der Waals surface area contributed by atoms with Crippen molar-refractivity contribution in [3.63, 3.8) is 0 Å². The Morgan fingerprint density at radius 1 is 1.25 bits per heavy atom. The Morgan fingerprint density at radius 3 is 2.44 bits per heavy atom. The van der Waals surface area contributed by atoms with Crippen LogP contribution in [0, 0.1) is 0 Å². The molecule has 86 valence electrons. The number of ether oxygens (including phenoxy) is 1. The second-order valence-corrected chi connectivity index (χ2v) is 3.98. The van der Waals surface area contributed by atoms with Crippen molar-refractivity contribution < 1.29 is 9.53 Å². The molecule has 0 aliphatic carbocycles. The van der Waals surface area contributed by atoms with Crippen molar-refractivity contribution in [1.82, 2.24) is 5.43 Å². The molecule has 0 radical (unpaired) electrons. The number of benzene rings is 1. The molecule has 1 aliphatic heterocycles. The number of hydrazine groups is 1. The molecule has 1 fully saturated rings. The van der Waals surface area contributed by atoms with Gasteiger partial charge in [0.2, 0.25) is 0 Å². The van der Waals surface area contributed by atoms with Gasteiger partial charge in [-0.2, -0.15) is 0 Å². The first-order valence-corrected chi connectivity index (χ1v) is 5.50. The van der Waals surface area contributed by atoms with Crippen LogP contribution in [0.15, 0.2) is 24.3 Å². The quantitative estimate of drug-likeness (QED) is 0.447. The third-order valence-corrected chi connectivity index (χ3v) is 3.00. The van der Waals surface area contributed by atoms with Gasteiger partial charge in [-0.3, -0.25) is 10.2 Å². The van der Waals surface area contributed by atoms with Crippen LogP contribution >= 0.6 is 0 Å². The van der Waals surface area contributed by atoms with Crippen molar-refractivity contribution in [2.45, 2.75) is 18.8 Å². The lowest BCUT2D eigenvalue weighted by molar-refractivity contribution is 0.0853. The van der Waals surface area contributed by atoms with Gasteiger partial charge < -0.3 is 4.74 Å². The molecule has 0 spiro atoms. The molecule has 4 nitrogen and oxygen atoms in total. The maximum absolute atomic E-state index is 11.2. The summed E-state index contributed by atoms with van der Waals surface area (Å²) >= 11 is 0. The average molecular weight is 220 g/mol. The predicted octanol–water partition coefficient (Wildman–Crippen LogP) is 1.18. The first-order chi connectivity index (χ1) is 7.81. The summed E-state index contributed by atoms with van der Waals surface area (Å²) in [5.74, 6) is 5.38. The van der Waals surface area contributed by atoms with Crippen LogP contribution in [-0.2, 0) is 4.74 Å². The van der Waals surface area contributed by atoms with Gasteiger partial charge in [0, 0.05) is 18.8 Å². The normalized spacial score (nSPS) is 17.1. The fourth-order valence-electron chi connectivity index (χ4n) is 2.02. The van der Waals surface area contributed by atoms with Gasteiger partial charge in [0.1, 0.15) is 0 Å². The number of carbonyl (C=O) groups is 1. The molecule has 0 saturated carbocycles. The highest BCUT2D eigenvalue weighted by Gasteiger charge is 2.15. The maximum Gasteiger partial charge on any atom is 0.265 e. The lowest BCUT2D eigenvalue weighted by atomic mass is 9.91. The van der Waals surface area contributed by atoms with Gasteiger partial charge in [0.25, 0.3) is 5.91 Å². The summed E-state index contributed by atoms with van der Waals surface area (Å²) in [7, 11) is 0. The minimum atomic E-state index is -0.251. The molecule has 1 amide bonds. The van der Waals surface area contributed by atoms with Gasteiger partial charge >= 0.3 is 0 Å². The number of hydrogen-bond acceptors (Lipinski definition) is 3. The van der Waals surface area contributed by atoms with Gasteiger partial charge in [-0.1, -0.05) is 12.1 Å². The van der Waals surface area contributed by atoms with E-state index < -0.39 is 0 Å². The molecule has 1 aromatic rings. The number of carbonyl (C=O) groups excluding carboxylic acids is 1. The Balaban J connectivity index is 2.09. The molecule has 0 unspecified atom stereocenters. The van der Waals surface area contributed by atoms with E-state index in [-0.39, 0.29) is 5.91 Å². The first-order valence-electron chi connectivity index (χ1n) is 5.50. The topological polar surface area (TPSA) is 64.3 Å². The zero-order valence-corrected chi connectivity index (χ0v) is 9.11. The van der Waals surface area contributed by atoms with Gasteiger partial charge in [0.15, 0.2) is 0 Å². The Labute approximate surface area is 94.8 Å². The first kappa shape index (κ1) is 11.1. The summed E-state index contributed by atoms with van der Waals surface area (Å²) in [6.45, 7) is 1.66. The van der Waals surface area contributed by atoms with Crippen molar-refractivity contribution in [3.8, 4) is 0 Å². The van der Waals surface area contributed by atoms with Crippen molar-refractivity contribution in [2.24, 2.45) is 5.84 Å². The van der Waals surface area contributed by atoms with E-state index in [1.165, 1.54) is 5.56 Å². The van der Waals surface area contributed by atoms with Gasteiger partial charge in [-0.25, -0.2) is 5.84 Å². The largest absolute Gasteiger partial charge is 0.381 e. The summed E-state index contributed by atoms with van der Waals surface area (Å²) < 4.78 is 5.32. The van der Waals surface area contributed by atoms with Crippen molar-refractivity contribution in [2.75, 3.05) is 13.2 Å². The highest BCUT2D eigenvalue weighted by atomic mass is 16.5. The van der Waals surface area contributed by atoms with Gasteiger partial charge in [0.05, 0.1) is 0 Å². The summed E-state index contributed by atoms with van der Waals surface area (Å²) in [6, 6.07) is 7.63. The fourth-order valence-corrected chi connectivity index (χ4v) is 2.02. The van der Waals surface area contributed by atoms with Crippen LogP contribution in [0.4, 0.5) is 0 Å². The molecule has 0 atom stereocenters. The van der Waals surface area contributed by atoms with Crippen LogP contribution in [0.1, 0.15) is 34.7 Å². The second kappa shape index (κ2) is 5.09. The molecule has 1 saturated heterocycles. The minimum Gasteiger partial charge on any atom is -0.381 e. The summed E-state index contributed by atoms with van der Waals surface area (Å²) in [6.07, 6.45) is 2.12. The lowest BCUT2D eigenvalue weighted by Crippen LogP contribution is -2.29. The highest BCUT2D eigenvalue weighted by molar-refractivity contribution is 5.93. The molecule has 4 heteroatoms. The van der Waals surface area contributed by atoms with Crippen LogP contribution in [0.25, 0.3) is 0 Å². The number of hydrogen-bond donors (Lipinski definition) is 2. The number of nitrogen functional groups attached to an aromatic ring is 1. The van der Waals surface area contributed by atoms with Crippen molar-refractivity contribution in [3.05, 3.63) is 35.4 Å². The molecule has 16 heavy (non-hydrogen) atoms. The van der Waals surface area contributed by atoms with Gasteiger partial charge in [-0.05, 0) is 36.5 Å². The standard InChI is InChI=1S/C12H16N2O2/c13-14-12(15)11-3-1-9(2-4-11)10-5-7-16-8-6-10/h1-4,10H,5-8,13H2,(H,14,15). The number of amides is 1. The minimum absolute atomic E-state index is 0.251. The molecule has 0 aromatic heterocycles. The van der Waals surface area contributed by atoms with E-state index in [1.54, 1.807) is 0 Å². The SMILES string of the molecule is NNC(=O)c1ccc(C2CCOCC2)cc1. The number of nitrogens with one attached hydrogen (secondary N) is 1. The molecular weight excluding hydrogens is 204 g/mol. The van der Waals surface area contributed by atoms with Crippen LogP contribution in [0.5, 0.6) is 0 Å². The smallest absolute Gasteiger partial charge is 0.265 e. The Kier molecular flexibility index (Phi) is 3.54. The van der Waals surface area contributed by atoms with Crippen LogP contribution in [0.3, 0.4) is 0 Å². The average Bonchev–Trinajstić information content (AvgIpc) is 2.39. The summed E-state index contributed by atoms with van der Waals surface area (Å²) in [5, 5.41) is 0. The zero-order valence-electron chi connectivity index (χ0n) is 9.11. The molecule has 2 rings (SSSR count).